The number of benzene rings is 1. The van der Waals surface area contributed by atoms with Gasteiger partial charge in [-0.25, -0.2) is 0 Å². The van der Waals surface area contributed by atoms with E-state index in [9.17, 15) is 18.0 Å². The van der Waals surface area contributed by atoms with Crippen molar-refractivity contribution in [3.8, 4) is 5.75 Å². The Morgan fingerprint density at radius 1 is 1.41 bits per heavy atom. The highest BCUT2D eigenvalue weighted by atomic mass is 19.4. The third-order valence-electron chi connectivity index (χ3n) is 2.17. The molecule has 1 aromatic rings. The second-order valence-electron chi connectivity index (χ2n) is 3.39. The van der Waals surface area contributed by atoms with Gasteiger partial charge in [0, 0.05) is 5.56 Å². The third-order valence-corrected chi connectivity index (χ3v) is 2.17. The fourth-order valence-electron chi connectivity index (χ4n) is 1.47. The molecule has 0 amide bonds. The molecule has 0 bridgehead atoms. The lowest BCUT2D eigenvalue weighted by atomic mass is 10.0. The summed E-state index contributed by atoms with van der Waals surface area (Å²) in [6.45, 7) is 2.81. The van der Waals surface area contributed by atoms with Crippen LogP contribution in [0.4, 0.5) is 18.9 Å². The van der Waals surface area contributed by atoms with Gasteiger partial charge in [-0.15, -0.1) is 0 Å². The van der Waals surface area contributed by atoms with Crippen LogP contribution < -0.4 is 10.5 Å². The minimum atomic E-state index is -4.65. The summed E-state index contributed by atoms with van der Waals surface area (Å²) in [5.74, 6) is -0.876. The Hall–Kier alpha value is -1.72. The number of carbonyl (C=O) groups is 1. The van der Waals surface area contributed by atoms with E-state index >= 15 is 0 Å². The van der Waals surface area contributed by atoms with Crippen molar-refractivity contribution < 1.29 is 22.7 Å². The minimum absolute atomic E-state index is 0.0853. The van der Waals surface area contributed by atoms with Crippen LogP contribution in [0.2, 0.25) is 0 Å². The molecule has 0 radical (unpaired) electrons. The summed E-state index contributed by atoms with van der Waals surface area (Å²) < 4.78 is 43.3. The van der Waals surface area contributed by atoms with E-state index in [0.29, 0.717) is 0 Å². The zero-order chi connectivity index (χ0) is 13.2. The molecule has 0 aliphatic rings. The fraction of sp³-hybridized carbons (Fsp3) is 0.364. The number of nitrogen functional groups attached to an aromatic ring is 1. The van der Waals surface area contributed by atoms with Crippen LogP contribution in [0.15, 0.2) is 12.1 Å². The van der Waals surface area contributed by atoms with E-state index in [2.05, 4.69) is 0 Å². The smallest absolute Gasteiger partial charge is 0.421 e. The molecule has 1 rings (SSSR count). The highest BCUT2D eigenvalue weighted by Gasteiger charge is 2.38. The zero-order valence-electron chi connectivity index (χ0n) is 9.39. The summed E-state index contributed by atoms with van der Waals surface area (Å²) in [5.41, 5.74) is 3.55. The average molecular weight is 247 g/mol. The molecule has 1 aromatic carbocycles. The first-order valence-electron chi connectivity index (χ1n) is 4.92. The first kappa shape index (κ1) is 13.3. The number of halogens is 3. The number of anilines is 1. The van der Waals surface area contributed by atoms with Gasteiger partial charge in [0.25, 0.3) is 0 Å². The van der Waals surface area contributed by atoms with Gasteiger partial charge in [-0.05, 0) is 26.0 Å². The molecule has 0 unspecified atom stereocenters. The Kier molecular flexibility index (Phi) is 3.65. The van der Waals surface area contributed by atoms with Crippen LogP contribution in [0.5, 0.6) is 5.75 Å². The van der Waals surface area contributed by atoms with Crippen molar-refractivity contribution in [3.63, 3.8) is 0 Å². The molecule has 94 valence electrons. The molecule has 0 saturated carbocycles. The molecule has 2 N–H and O–H groups in total. The first-order chi connectivity index (χ1) is 7.79. The maximum Gasteiger partial charge on any atom is 0.421 e. The summed E-state index contributed by atoms with van der Waals surface area (Å²) in [7, 11) is 0. The van der Waals surface area contributed by atoms with E-state index in [1.165, 1.54) is 6.07 Å². The number of ether oxygens (including phenoxy) is 1. The maximum absolute atomic E-state index is 12.8. The molecular weight excluding hydrogens is 235 g/mol. The molecule has 0 aliphatic heterocycles. The lowest BCUT2D eigenvalue weighted by Gasteiger charge is -2.17. The highest BCUT2D eigenvalue weighted by molar-refractivity contribution is 6.00. The van der Waals surface area contributed by atoms with Gasteiger partial charge in [0.2, 0.25) is 0 Å². The van der Waals surface area contributed by atoms with Gasteiger partial charge in [-0.3, -0.25) is 4.79 Å². The molecule has 0 spiro atoms. The predicted molar refractivity (Wildman–Crippen MR) is 57.0 cm³/mol. The van der Waals surface area contributed by atoms with Gasteiger partial charge in [0.05, 0.1) is 12.3 Å². The van der Waals surface area contributed by atoms with E-state index in [1.807, 2.05) is 0 Å². The molecule has 0 aliphatic carbocycles. The second-order valence-corrected chi connectivity index (χ2v) is 3.39. The van der Waals surface area contributed by atoms with Crippen LogP contribution in [0, 0.1) is 0 Å². The largest absolute Gasteiger partial charge is 0.493 e. The Morgan fingerprint density at radius 2 is 2.00 bits per heavy atom. The van der Waals surface area contributed by atoms with Gasteiger partial charge >= 0.3 is 6.18 Å². The summed E-state index contributed by atoms with van der Waals surface area (Å²) >= 11 is 0. The van der Waals surface area contributed by atoms with Gasteiger partial charge < -0.3 is 10.5 Å². The Balaban J connectivity index is 3.48. The number of hydrogen-bond acceptors (Lipinski definition) is 3. The average Bonchev–Trinajstić information content (AvgIpc) is 2.15. The standard InChI is InChI=1S/C11H12F3NO2/c1-3-17-8-5-4-7(6(2)16)10(15)9(8)11(12,13)14/h4-5H,3,15H2,1-2H3. The van der Waals surface area contributed by atoms with Crippen molar-refractivity contribution in [1.82, 2.24) is 0 Å². The lowest BCUT2D eigenvalue weighted by molar-refractivity contribution is -0.138. The monoisotopic (exact) mass is 247 g/mol. The first-order valence-corrected chi connectivity index (χ1v) is 4.92. The van der Waals surface area contributed by atoms with Gasteiger partial charge in [-0.1, -0.05) is 0 Å². The van der Waals surface area contributed by atoms with Crippen molar-refractivity contribution in [3.05, 3.63) is 23.3 Å². The number of carbonyl (C=O) groups excluding carboxylic acids is 1. The number of ketones is 1. The molecule has 6 heteroatoms. The van der Waals surface area contributed by atoms with Crippen LogP contribution in [0.25, 0.3) is 0 Å². The number of rotatable bonds is 3. The highest BCUT2D eigenvalue weighted by Crippen LogP contribution is 2.41. The number of hydrogen-bond donors (Lipinski definition) is 1. The zero-order valence-corrected chi connectivity index (χ0v) is 9.39. The number of alkyl halides is 3. The molecule has 0 atom stereocenters. The Morgan fingerprint density at radius 3 is 2.41 bits per heavy atom. The third kappa shape index (κ3) is 2.69. The van der Waals surface area contributed by atoms with Crippen LogP contribution in [0.3, 0.4) is 0 Å². The Bertz CT molecular complexity index is 441. The summed E-state index contributed by atoms with van der Waals surface area (Å²) in [6, 6.07) is 2.34. The van der Waals surface area contributed by atoms with E-state index in [0.717, 1.165) is 13.0 Å². The van der Waals surface area contributed by atoms with Crippen molar-refractivity contribution in [2.24, 2.45) is 0 Å². The number of Topliss-reactive ketones (excluding diaryl/α,β-unsaturated/α-hetero) is 1. The van der Waals surface area contributed by atoms with Gasteiger partial charge in [0.15, 0.2) is 5.78 Å². The van der Waals surface area contributed by atoms with Crippen LogP contribution in [0.1, 0.15) is 29.8 Å². The molecule has 0 fully saturated rings. The van der Waals surface area contributed by atoms with E-state index < -0.39 is 23.2 Å². The maximum atomic E-state index is 12.8. The molecule has 0 saturated heterocycles. The van der Waals surface area contributed by atoms with Crippen molar-refractivity contribution >= 4 is 11.5 Å². The lowest BCUT2D eigenvalue weighted by Crippen LogP contribution is -2.14. The molecule has 0 heterocycles. The van der Waals surface area contributed by atoms with Gasteiger partial charge in [-0.2, -0.15) is 13.2 Å². The summed E-state index contributed by atoms with van der Waals surface area (Å²) in [5, 5.41) is 0. The second kappa shape index (κ2) is 4.65. The molecule has 17 heavy (non-hydrogen) atoms. The van der Waals surface area contributed by atoms with Gasteiger partial charge in [0.1, 0.15) is 11.3 Å². The van der Waals surface area contributed by atoms with Crippen LogP contribution >= 0.6 is 0 Å². The summed E-state index contributed by atoms with van der Waals surface area (Å²) in [6.07, 6.45) is -4.65. The van der Waals surface area contributed by atoms with E-state index in [4.69, 9.17) is 10.5 Å². The van der Waals surface area contributed by atoms with E-state index in [-0.39, 0.29) is 17.9 Å². The quantitative estimate of drug-likeness (QED) is 0.660. The number of nitrogens with two attached hydrogens (primary N) is 1. The summed E-state index contributed by atoms with van der Waals surface area (Å²) in [4.78, 5) is 11.1. The topological polar surface area (TPSA) is 52.3 Å². The molecular formula is C11H12F3NO2. The van der Waals surface area contributed by atoms with Crippen LogP contribution in [-0.4, -0.2) is 12.4 Å². The van der Waals surface area contributed by atoms with Crippen molar-refractivity contribution in [1.29, 1.82) is 0 Å². The van der Waals surface area contributed by atoms with Crippen LogP contribution in [-0.2, 0) is 6.18 Å². The Labute approximate surface area is 96.4 Å². The molecule has 3 nitrogen and oxygen atoms in total. The van der Waals surface area contributed by atoms with E-state index in [1.54, 1.807) is 6.92 Å². The minimum Gasteiger partial charge on any atom is -0.493 e. The normalized spacial score (nSPS) is 11.4. The van der Waals surface area contributed by atoms with Crippen molar-refractivity contribution in [2.75, 3.05) is 12.3 Å². The SMILES string of the molecule is CCOc1ccc(C(C)=O)c(N)c1C(F)(F)F. The van der Waals surface area contributed by atoms with Crippen molar-refractivity contribution in [2.45, 2.75) is 20.0 Å². The molecule has 0 aromatic heterocycles. The predicted octanol–water partition coefficient (Wildman–Crippen LogP) is 2.89. The fourth-order valence-corrected chi connectivity index (χ4v) is 1.47.